The van der Waals surface area contributed by atoms with Crippen LogP contribution < -0.4 is 5.32 Å². The summed E-state index contributed by atoms with van der Waals surface area (Å²) in [6.45, 7) is 0.524. The highest BCUT2D eigenvalue weighted by atomic mass is 32.2. The predicted molar refractivity (Wildman–Crippen MR) is 68.6 cm³/mol. The number of nitrogens with one attached hydrogen (secondary N) is 1. The molecular formula is C12H14F2N2O3S. The van der Waals surface area contributed by atoms with Gasteiger partial charge in [0, 0.05) is 24.7 Å². The average molecular weight is 304 g/mol. The van der Waals surface area contributed by atoms with E-state index in [9.17, 15) is 22.0 Å². The standard InChI is InChI=1S/C12H14F2N2O3S/c1-20(18,19)16-5-4-9(7-16)15-12(17)8-2-3-10(13)11(14)6-8/h2-3,6,9H,4-5,7H2,1H3,(H,15,17). The van der Waals surface area contributed by atoms with Gasteiger partial charge in [0.2, 0.25) is 10.0 Å². The van der Waals surface area contributed by atoms with Gasteiger partial charge in [-0.25, -0.2) is 21.5 Å². The molecule has 1 amide bonds. The summed E-state index contributed by atoms with van der Waals surface area (Å²) in [6, 6.07) is 2.54. The Hall–Kier alpha value is -1.54. The highest BCUT2D eigenvalue weighted by molar-refractivity contribution is 7.88. The summed E-state index contributed by atoms with van der Waals surface area (Å²) in [5, 5.41) is 2.61. The van der Waals surface area contributed by atoms with E-state index in [0.29, 0.717) is 13.0 Å². The van der Waals surface area contributed by atoms with E-state index in [2.05, 4.69) is 5.32 Å². The summed E-state index contributed by atoms with van der Waals surface area (Å²) in [5.74, 6) is -2.67. The molecule has 5 nitrogen and oxygen atoms in total. The maximum Gasteiger partial charge on any atom is 0.251 e. The van der Waals surface area contributed by atoms with E-state index in [1.165, 1.54) is 10.4 Å². The van der Waals surface area contributed by atoms with Crippen LogP contribution in [0.25, 0.3) is 0 Å². The fourth-order valence-electron chi connectivity index (χ4n) is 2.05. The molecule has 0 saturated carbocycles. The first-order valence-electron chi connectivity index (χ1n) is 5.98. The molecule has 1 aromatic rings. The zero-order chi connectivity index (χ0) is 14.9. The van der Waals surface area contributed by atoms with Gasteiger partial charge in [0.05, 0.1) is 6.26 Å². The monoisotopic (exact) mass is 304 g/mol. The summed E-state index contributed by atoms with van der Waals surface area (Å²) in [4.78, 5) is 11.9. The van der Waals surface area contributed by atoms with E-state index in [-0.39, 0.29) is 18.2 Å². The van der Waals surface area contributed by atoms with Gasteiger partial charge in [0.1, 0.15) is 0 Å². The van der Waals surface area contributed by atoms with Crippen molar-refractivity contribution in [3.63, 3.8) is 0 Å². The number of benzene rings is 1. The van der Waals surface area contributed by atoms with E-state index < -0.39 is 27.6 Å². The quantitative estimate of drug-likeness (QED) is 0.895. The molecule has 110 valence electrons. The van der Waals surface area contributed by atoms with Crippen molar-refractivity contribution in [3.8, 4) is 0 Å². The molecule has 0 bridgehead atoms. The number of hydrogen-bond acceptors (Lipinski definition) is 3. The zero-order valence-electron chi connectivity index (χ0n) is 10.8. The normalized spacial score (nSPS) is 20.1. The lowest BCUT2D eigenvalue weighted by atomic mass is 10.1. The van der Waals surface area contributed by atoms with Crippen molar-refractivity contribution in [1.82, 2.24) is 9.62 Å². The van der Waals surface area contributed by atoms with Crippen molar-refractivity contribution in [3.05, 3.63) is 35.4 Å². The second-order valence-corrected chi connectivity index (χ2v) is 6.69. The van der Waals surface area contributed by atoms with E-state index in [1.807, 2.05) is 0 Å². The fourth-order valence-corrected chi connectivity index (χ4v) is 2.94. The Balaban J connectivity index is 2.01. The predicted octanol–water partition coefficient (Wildman–Crippen LogP) is 0.729. The minimum atomic E-state index is -3.28. The molecule has 8 heteroatoms. The second-order valence-electron chi connectivity index (χ2n) is 4.71. The Bertz CT molecular complexity index is 634. The molecular weight excluding hydrogens is 290 g/mol. The summed E-state index contributed by atoms with van der Waals surface area (Å²) >= 11 is 0. The molecule has 1 aliphatic heterocycles. The van der Waals surface area contributed by atoms with Gasteiger partial charge >= 0.3 is 0 Å². The smallest absolute Gasteiger partial charge is 0.251 e. The molecule has 0 aromatic heterocycles. The lowest BCUT2D eigenvalue weighted by molar-refractivity contribution is 0.0938. The van der Waals surface area contributed by atoms with Gasteiger partial charge < -0.3 is 5.32 Å². The van der Waals surface area contributed by atoms with Crippen LogP contribution in [0.2, 0.25) is 0 Å². The van der Waals surface area contributed by atoms with Crippen molar-refractivity contribution in [2.75, 3.05) is 19.3 Å². The molecule has 1 atom stereocenters. The summed E-state index contributed by atoms with van der Waals surface area (Å²) in [5.41, 5.74) is 0.00158. The Morgan fingerprint density at radius 3 is 2.60 bits per heavy atom. The minimum Gasteiger partial charge on any atom is -0.348 e. The first-order valence-corrected chi connectivity index (χ1v) is 7.83. The molecule has 2 rings (SSSR count). The topological polar surface area (TPSA) is 66.5 Å². The van der Waals surface area contributed by atoms with Gasteiger partial charge in [-0.15, -0.1) is 0 Å². The van der Waals surface area contributed by atoms with Crippen molar-refractivity contribution in [2.24, 2.45) is 0 Å². The number of hydrogen-bond donors (Lipinski definition) is 1. The number of carbonyl (C=O) groups is 1. The van der Waals surface area contributed by atoms with Gasteiger partial charge in [0.15, 0.2) is 11.6 Å². The van der Waals surface area contributed by atoms with E-state index in [1.54, 1.807) is 0 Å². The van der Waals surface area contributed by atoms with Gasteiger partial charge in [-0.05, 0) is 24.6 Å². The zero-order valence-corrected chi connectivity index (χ0v) is 11.6. The summed E-state index contributed by atoms with van der Waals surface area (Å²) in [7, 11) is -3.28. The van der Waals surface area contributed by atoms with Gasteiger partial charge in [-0.1, -0.05) is 0 Å². The van der Waals surface area contributed by atoms with Gasteiger partial charge in [-0.2, -0.15) is 0 Å². The highest BCUT2D eigenvalue weighted by Crippen LogP contribution is 2.14. The molecule has 1 saturated heterocycles. The Kier molecular flexibility index (Phi) is 4.05. The van der Waals surface area contributed by atoms with Crippen LogP contribution >= 0.6 is 0 Å². The van der Waals surface area contributed by atoms with E-state index in [4.69, 9.17) is 0 Å². The second kappa shape index (κ2) is 5.45. The Morgan fingerprint density at radius 2 is 2.05 bits per heavy atom. The van der Waals surface area contributed by atoms with E-state index in [0.717, 1.165) is 18.4 Å². The van der Waals surface area contributed by atoms with E-state index >= 15 is 0 Å². The number of rotatable bonds is 3. The molecule has 1 unspecified atom stereocenters. The Morgan fingerprint density at radius 1 is 1.35 bits per heavy atom. The number of carbonyl (C=O) groups excluding carboxylic acids is 1. The number of sulfonamides is 1. The third-order valence-electron chi connectivity index (χ3n) is 3.14. The highest BCUT2D eigenvalue weighted by Gasteiger charge is 2.29. The van der Waals surface area contributed by atoms with Crippen LogP contribution in [0.3, 0.4) is 0 Å². The maximum atomic E-state index is 13.0. The summed E-state index contributed by atoms with van der Waals surface area (Å²) < 4.78 is 49.7. The molecule has 1 fully saturated rings. The molecule has 1 N–H and O–H groups in total. The molecule has 0 aliphatic carbocycles. The molecule has 0 spiro atoms. The number of amides is 1. The first-order chi connectivity index (χ1) is 9.27. The average Bonchev–Trinajstić information content (AvgIpc) is 2.81. The lowest BCUT2D eigenvalue weighted by Gasteiger charge is -2.14. The van der Waals surface area contributed by atoms with Crippen LogP contribution in [0.5, 0.6) is 0 Å². The van der Waals surface area contributed by atoms with Crippen LogP contribution in [0.1, 0.15) is 16.8 Å². The van der Waals surface area contributed by atoms with Gasteiger partial charge in [-0.3, -0.25) is 4.79 Å². The third kappa shape index (κ3) is 3.31. The van der Waals surface area contributed by atoms with Crippen molar-refractivity contribution >= 4 is 15.9 Å². The first kappa shape index (κ1) is 14.9. The number of halogens is 2. The van der Waals surface area contributed by atoms with Crippen molar-refractivity contribution in [1.29, 1.82) is 0 Å². The van der Waals surface area contributed by atoms with Crippen molar-refractivity contribution in [2.45, 2.75) is 12.5 Å². The number of nitrogens with zero attached hydrogens (tertiary/aromatic N) is 1. The molecule has 1 heterocycles. The third-order valence-corrected chi connectivity index (χ3v) is 4.41. The fraction of sp³-hybridized carbons (Fsp3) is 0.417. The molecule has 0 radical (unpaired) electrons. The molecule has 1 aromatic carbocycles. The van der Waals surface area contributed by atoms with Crippen LogP contribution in [0.4, 0.5) is 8.78 Å². The van der Waals surface area contributed by atoms with Crippen LogP contribution in [-0.2, 0) is 10.0 Å². The maximum absolute atomic E-state index is 13.0. The molecule has 20 heavy (non-hydrogen) atoms. The van der Waals surface area contributed by atoms with Crippen LogP contribution in [0.15, 0.2) is 18.2 Å². The Labute approximate surface area is 115 Å². The molecule has 1 aliphatic rings. The minimum absolute atomic E-state index is 0.00158. The SMILES string of the molecule is CS(=O)(=O)N1CCC(NC(=O)c2ccc(F)c(F)c2)C1. The van der Waals surface area contributed by atoms with Crippen molar-refractivity contribution < 1.29 is 22.0 Å². The van der Waals surface area contributed by atoms with Gasteiger partial charge in [0.25, 0.3) is 5.91 Å². The lowest BCUT2D eigenvalue weighted by Crippen LogP contribution is -2.38. The van der Waals surface area contributed by atoms with Crippen LogP contribution in [-0.4, -0.2) is 44.0 Å². The van der Waals surface area contributed by atoms with Crippen LogP contribution in [0, 0.1) is 11.6 Å². The largest absolute Gasteiger partial charge is 0.348 e. The summed E-state index contributed by atoms with van der Waals surface area (Å²) in [6.07, 6.45) is 1.59.